The van der Waals surface area contributed by atoms with Crippen LogP contribution in [0.4, 0.5) is 0 Å². The zero-order valence-corrected chi connectivity index (χ0v) is 11.0. The van der Waals surface area contributed by atoms with Crippen LogP contribution >= 0.6 is 11.6 Å². The number of rotatable bonds is 2. The topological polar surface area (TPSA) is 3.24 Å². The quantitative estimate of drug-likeness (QED) is 0.742. The Hall–Kier alpha value is -0.530. The van der Waals surface area contributed by atoms with Crippen molar-refractivity contribution in [1.82, 2.24) is 4.90 Å². The normalized spacial score (nSPS) is 12.2. The van der Waals surface area contributed by atoms with Crippen LogP contribution in [-0.2, 0) is 12.0 Å². The van der Waals surface area contributed by atoms with Crippen LogP contribution in [0.5, 0.6) is 0 Å². The van der Waals surface area contributed by atoms with Crippen LogP contribution in [0.3, 0.4) is 0 Å². The van der Waals surface area contributed by atoms with E-state index in [-0.39, 0.29) is 5.41 Å². The summed E-state index contributed by atoms with van der Waals surface area (Å²) in [6.45, 7) is 7.63. The van der Waals surface area contributed by atoms with Crippen molar-refractivity contribution in [2.75, 3.05) is 14.1 Å². The van der Waals surface area contributed by atoms with Crippen molar-refractivity contribution in [3.05, 3.63) is 34.3 Å². The first kappa shape index (κ1) is 12.5. The summed E-state index contributed by atoms with van der Waals surface area (Å²) in [4.78, 5) is 2.17. The van der Waals surface area contributed by atoms with Gasteiger partial charge in [0, 0.05) is 11.6 Å². The average molecular weight is 226 g/mol. The highest BCUT2D eigenvalue weighted by atomic mass is 35.5. The van der Waals surface area contributed by atoms with Gasteiger partial charge in [0.1, 0.15) is 0 Å². The highest BCUT2D eigenvalue weighted by Gasteiger charge is 2.18. The van der Waals surface area contributed by atoms with E-state index in [9.17, 15) is 0 Å². The summed E-state index contributed by atoms with van der Waals surface area (Å²) in [7, 11) is 4.15. The summed E-state index contributed by atoms with van der Waals surface area (Å²) in [5.41, 5.74) is 2.87. The lowest BCUT2D eigenvalue weighted by molar-refractivity contribution is 0.397. The third-order valence-electron chi connectivity index (χ3n) is 2.36. The summed E-state index contributed by atoms with van der Waals surface area (Å²) >= 11 is 6.03. The standard InChI is InChI=1S/C13H20ClN/c1-13(2,3)12-7-6-11(14)8-10(12)9-15(4)5/h6-8H,9H2,1-5H3. The minimum atomic E-state index is 0.177. The molecular weight excluding hydrogens is 206 g/mol. The molecule has 0 fully saturated rings. The fourth-order valence-corrected chi connectivity index (χ4v) is 1.96. The minimum absolute atomic E-state index is 0.177. The summed E-state index contributed by atoms with van der Waals surface area (Å²) in [5.74, 6) is 0. The second-order valence-corrected chi connectivity index (χ2v) is 5.73. The molecule has 0 aliphatic rings. The largest absolute Gasteiger partial charge is 0.305 e. The first-order chi connectivity index (χ1) is 6.80. The maximum Gasteiger partial charge on any atom is 0.0409 e. The molecule has 84 valence electrons. The molecule has 0 radical (unpaired) electrons. The van der Waals surface area contributed by atoms with E-state index in [4.69, 9.17) is 11.6 Å². The summed E-state index contributed by atoms with van der Waals surface area (Å²) in [6.07, 6.45) is 0. The minimum Gasteiger partial charge on any atom is -0.305 e. The Balaban J connectivity index is 3.15. The maximum atomic E-state index is 6.03. The average Bonchev–Trinajstić information content (AvgIpc) is 1.99. The lowest BCUT2D eigenvalue weighted by Crippen LogP contribution is -2.18. The smallest absolute Gasteiger partial charge is 0.0409 e. The van der Waals surface area contributed by atoms with Gasteiger partial charge in [0.2, 0.25) is 0 Å². The SMILES string of the molecule is CN(C)Cc1cc(Cl)ccc1C(C)(C)C. The Bertz CT molecular complexity index is 337. The Morgan fingerprint density at radius 3 is 2.27 bits per heavy atom. The molecule has 0 atom stereocenters. The van der Waals surface area contributed by atoms with E-state index < -0.39 is 0 Å². The van der Waals surface area contributed by atoms with Crippen LogP contribution in [0.1, 0.15) is 31.9 Å². The van der Waals surface area contributed by atoms with Gasteiger partial charge in [0.25, 0.3) is 0 Å². The number of hydrogen-bond acceptors (Lipinski definition) is 1. The molecule has 0 aliphatic heterocycles. The molecule has 0 N–H and O–H groups in total. The van der Waals surface area contributed by atoms with Crippen LogP contribution in [0.15, 0.2) is 18.2 Å². The van der Waals surface area contributed by atoms with E-state index in [2.05, 4.69) is 51.9 Å². The maximum absolute atomic E-state index is 6.03. The van der Waals surface area contributed by atoms with E-state index >= 15 is 0 Å². The molecule has 0 unspecified atom stereocenters. The van der Waals surface area contributed by atoms with Gasteiger partial charge in [0.15, 0.2) is 0 Å². The molecule has 2 heteroatoms. The third-order valence-corrected chi connectivity index (χ3v) is 2.60. The van der Waals surface area contributed by atoms with Crippen molar-refractivity contribution in [3.8, 4) is 0 Å². The van der Waals surface area contributed by atoms with Crippen molar-refractivity contribution in [3.63, 3.8) is 0 Å². The number of halogens is 1. The van der Waals surface area contributed by atoms with Crippen LogP contribution in [-0.4, -0.2) is 19.0 Å². The molecule has 1 aromatic carbocycles. The van der Waals surface area contributed by atoms with Crippen molar-refractivity contribution in [2.24, 2.45) is 0 Å². The Kier molecular flexibility index (Phi) is 3.80. The zero-order chi connectivity index (χ0) is 11.6. The summed E-state index contributed by atoms with van der Waals surface area (Å²) in [6, 6.07) is 6.19. The van der Waals surface area contributed by atoms with Gasteiger partial charge in [-0.05, 0) is 42.8 Å². The van der Waals surface area contributed by atoms with E-state index in [0.717, 1.165) is 11.6 Å². The van der Waals surface area contributed by atoms with Crippen LogP contribution in [0.2, 0.25) is 5.02 Å². The van der Waals surface area contributed by atoms with Gasteiger partial charge < -0.3 is 4.90 Å². The monoisotopic (exact) mass is 225 g/mol. The summed E-state index contributed by atoms with van der Waals surface area (Å²) in [5, 5.41) is 0.819. The fourth-order valence-electron chi connectivity index (χ4n) is 1.77. The Morgan fingerprint density at radius 1 is 1.20 bits per heavy atom. The van der Waals surface area contributed by atoms with Gasteiger partial charge in [-0.1, -0.05) is 38.4 Å². The van der Waals surface area contributed by atoms with E-state index in [1.807, 2.05) is 6.07 Å². The summed E-state index contributed by atoms with van der Waals surface area (Å²) < 4.78 is 0. The molecule has 0 bridgehead atoms. The zero-order valence-electron chi connectivity index (χ0n) is 10.3. The molecule has 0 aliphatic carbocycles. The number of nitrogens with zero attached hydrogens (tertiary/aromatic N) is 1. The molecule has 0 aromatic heterocycles. The van der Waals surface area contributed by atoms with Gasteiger partial charge in [-0.15, -0.1) is 0 Å². The highest BCUT2D eigenvalue weighted by molar-refractivity contribution is 6.30. The first-order valence-electron chi connectivity index (χ1n) is 5.24. The molecule has 0 saturated heterocycles. The number of hydrogen-bond donors (Lipinski definition) is 0. The highest BCUT2D eigenvalue weighted by Crippen LogP contribution is 2.28. The van der Waals surface area contributed by atoms with Crippen molar-refractivity contribution >= 4 is 11.6 Å². The van der Waals surface area contributed by atoms with E-state index in [1.54, 1.807) is 0 Å². The molecule has 1 aromatic rings. The Morgan fingerprint density at radius 2 is 1.80 bits per heavy atom. The van der Waals surface area contributed by atoms with Crippen molar-refractivity contribution < 1.29 is 0 Å². The van der Waals surface area contributed by atoms with E-state index in [1.165, 1.54) is 11.1 Å². The van der Waals surface area contributed by atoms with Gasteiger partial charge in [-0.2, -0.15) is 0 Å². The first-order valence-corrected chi connectivity index (χ1v) is 5.62. The van der Waals surface area contributed by atoms with Crippen LogP contribution in [0, 0.1) is 0 Å². The molecule has 0 spiro atoms. The molecule has 0 heterocycles. The predicted octanol–water partition coefficient (Wildman–Crippen LogP) is 3.70. The second kappa shape index (κ2) is 4.54. The van der Waals surface area contributed by atoms with E-state index in [0.29, 0.717) is 0 Å². The molecule has 1 rings (SSSR count). The number of benzene rings is 1. The third kappa shape index (κ3) is 3.51. The van der Waals surface area contributed by atoms with Crippen molar-refractivity contribution in [2.45, 2.75) is 32.7 Å². The van der Waals surface area contributed by atoms with Gasteiger partial charge in [-0.25, -0.2) is 0 Å². The van der Waals surface area contributed by atoms with Gasteiger partial charge in [-0.3, -0.25) is 0 Å². The lowest BCUT2D eigenvalue weighted by Gasteiger charge is -2.24. The molecule has 1 nitrogen and oxygen atoms in total. The lowest BCUT2D eigenvalue weighted by atomic mass is 9.83. The van der Waals surface area contributed by atoms with Crippen LogP contribution in [0.25, 0.3) is 0 Å². The van der Waals surface area contributed by atoms with Gasteiger partial charge >= 0.3 is 0 Å². The molecule has 0 saturated carbocycles. The fraction of sp³-hybridized carbons (Fsp3) is 0.538. The molecule has 15 heavy (non-hydrogen) atoms. The van der Waals surface area contributed by atoms with Crippen LogP contribution < -0.4 is 0 Å². The predicted molar refractivity (Wildman–Crippen MR) is 67.5 cm³/mol. The van der Waals surface area contributed by atoms with Gasteiger partial charge in [0.05, 0.1) is 0 Å². The molecule has 0 amide bonds. The second-order valence-electron chi connectivity index (χ2n) is 5.29. The molecular formula is C13H20ClN. The van der Waals surface area contributed by atoms with Crippen molar-refractivity contribution in [1.29, 1.82) is 0 Å². The Labute approximate surface area is 98.0 Å².